The second-order valence-electron chi connectivity index (χ2n) is 7.44. The number of sulfonamides is 1. The van der Waals surface area contributed by atoms with E-state index in [0.29, 0.717) is 29.5 Å². The normalized spacial score (nSPS) is 23.6. The van der Waals surface area contributed by atoms with E-state index in [4.69, 9.17) is 4.74 Å². The smallest absolute Gasteiger partial charge is 0.337 e. The van der Waals surface area contributed by atoms with Gasteiger partial charge in [0.25, 0.3) is 0 Å². The largest absolute Gasteiger partial charge is 0.465 e. The van der Waals surface area contributed by atoms with E-state index in [1.807, 2.05) is 25.1 Å². The highest BCUT2D eigenvalue weighted by atomic mass is 32.2. The Morgan fingerprint density at radius 2 is 1.85 bits per heavy atom. The summed E-state index contributed by atoms with van der Waals surface area (Å²) >= 11 is 0. The molecule has 2 aliphatic carbocycles. The first-order valence-corrected chi connectivity index (χ1v) is 10.4. The van der Waals surface area contributed by atoms with Gasteiger partial charge in [-0.2, -0.15) is 4.31 Å². The van der Waals surface area contributed by atoms with Crippen molar-refractivity contribution < 1.29 is 17.9 Å². The number of allylic oxidation sites excluding steroid dienone is 1. The van der Waals surface area contributed by atoms with Gasteiger partial charge < -0.3 is 4.74 Å². The molecule has 1 saturated heterocycles. The number of methoxy groups -OCH3 is 1. The number of esters is 1. The maximum Gasteiger partial charge on any atom is 0.337 e. The third-order valence-corrected chi connectivity index (χ3v) is 7.41. The highest BCUT2D eigenvalue weighted by molar-refractivity contribution is 7.89. The van der Waals surface area contributed by atoms with Gasteiger partial charge >= 0.3 is 5.97 Å². The van der Waals surface area contributed by atoms with Gasteiger partial charge in [-0.25, -0.2) is 13.2 Å². The standard InChI is InChI=1S/C20H23NO4S/c1-13-3-7-17(8-4-13)26(23,24)21-11-15-9-18(14-5-6-14)19(20(22)25-2)10-16(15)12-21/h3-4,7-8,10,14-15H,5-6,9,11-12H2,1-2H3. The molecule has 1 atom stereocenters. The summed E-state index contributed by atoms with van der Waals surface area (Å²) in [6.45, 7) is 2.76. The molecule has 1 aliphatic heterocycles. The zero-order chi connectivity index (χ0) is 18.5. The number of nitrogens with zero attached hydrogens (tertiary/aromatic N) is 1. The Labute approximate surface area is 154 Å². The fourth-order valence-corrected chi connectivity index (χ4v) is 5.41. The van der Waals surface area contributed by atoms with Crippen molar-refractivity contribution in [2.75, 3.05) is 20.2 Å². The molecule has 4 rings (SSSR count). The van der Waals surface area contributed by atoms with E-state index in [9.17, 15) is 13.2 Å². The van der Waals surface area contributed by atoms with Crippen molar-refractivity contribution in [3.8, 4) is 0 Å². The van der Waals surface area contributed by atoms with Crippen molar-refractivity contribution in [2.45, 2.75) is 31.1 Å². The molecule has 5 nitrogen and oxygen atoms in total. The summed E-state index contributed by atoms with van der Waals surface area (Å²) < 4.78 is 32.5. The molecular formula is C20H23NO4S. The van der Waals surface area contributed by atoms with Crippen LogP contribution in [0, 0.1) is 18.8 Å². The molecule has 0 aromatic heterocycles. The van der Waals surface area contributed by atoms with Gasteiger partial charge in [0.1, 0.15) is 0 Å². The van der Waals surface area contributed by atoms with E-state index in [2.05, 4.69) is 0 Å². The number of hydrogen-bond donors (Lipinski definition) is 0. The number of ether oxygens (including phenoxy) is 1. The lowest BCUT2D eigenvalue weighted by atomic mass is 9.83. The van der Waals surface area contributed by atoms with Gasteiger partial charge in [-0.15, -0.1) is 0 Å². The molecule has 1 aromatic carbocycles. The molecule has 0 amide bonds. The molecule has 3 aliphatic rings. The fourth-order valence-electron chi connectivity index (χ4n) is 3.93. The lowest BCUT2D eigenvalue weighted by Crippen LogP contribution is -2.29. The van der Waals surface area contributed by atoms with E-state index in [1.54, 1.807) is 16.4 Å². The van der Waals surface area contributed by atoms with Crippen LogP contribution in [0.5, 0.6) is 0 Å². The van der Waals surface area contributed by atoms with Gasteiger partial charge in [-0.05, 0) is 61.8 Å². The summed E-state index contributed by atoms with van der Waals surface area (Å²) in [5, 5.41) is 0. The summed E-state index contributed by atoms with van der Waals surface area (Å²) in [5.74, 6) is 0.321. The van der Waals surface area contributed by atoms with Crippen molar-refractivity contribution in [1.82, 2.24) is 4.31 Å². The van der Waals surface area contributed by atoms with E-state index in [-0.39, 0.29) is 11.9 Å². The summed E-state index contributed by atoms with van der Waals surface area (Å²) in [6, 6.07) is 6.96. The van der Waals surface area contributed by atoms with Crippen LogP contribution in [0.25, 0.3) is 0 Å². The highest BCUT2D eigenvalue weighted by Crippen LogP contribution is 2.46. The molecule has 1 unspecified atom stereocenters. The molecule has 26 heavy (non-hydrogen) atoms. The lowest BCUT2D eigenvalue weighted by molar-refractivity contribution is -0.135. The molecule has 0 spiro atoms. The number of carbonyl (C=O) groups is 1. The van der Waals surface area contributed by atoms with Crippen LogP contribution in [0.1, 0.15) is 24.8 Å². The van der Waals surface area contributed by atoms with Crippen LogP contribution in [0.4, 0.5) is 0 Å². The molecule has 0 bridgehead atoms. The Morgan fingerprint density at radius 1 is 1.15 bits per heavy atom. The molecule has 1 heterocycles. The Kier molecular flexibility index (Phi) is 4.28. The van der Waals surface area contributed by atoms with Gasteiger partial charge in [0.15, 0.2) is 0 Å². The van der Waals surface area contributed by atoms with Crippen LogP contribution in [0.2, 0.25) is 0 Å². The zero-order valence-electron chi connectivity index (χ0n) is 15.1. The number of hydrogen-bond acceptors (Lipinski definition) is 4. The van der Waals surface area contributed by atoms with Crippen LogP contribution < -0.4 is 0 Å². The van der Waals surface area contributed by atoms with Crippen LogP contribution in [0.3, 0.4) is 0 Å². The predicted molar refractivity (Wildman–Crippen MR) is 97.9 cm³/mol. The van der Waals surface area contributed by atoms with Gasteiger partial charge in [0.05, 0.1) is 17.6 Å². The van der Waals surface area contributed by atoms with Gasteiger partial charge in [-0.3, -0.25) is 0 Å². The van der Waals surface area contributed by atoms with Crippen LogP contribution in [-0.4, -0.2) is 38.9 Å². The number of benzene rings is 1. The first-order chi connectivity index (χ1) is 12.4. The van der Waals surface area contributed by atoms with E-state index in [0.717, 1.165) is 36.0 Å². The number of rotatable bonds is 4. The van der Waals surface area contributed by atoms with Crippen molar-refractivity contribution in [3.63, 3.8) is 0 Å². The first-order valence-electron chi connectivity index (χ1n) is 8.99. The van der Waals surface area contributed by atoms with Crippen LogP contribution in [-0.2, 0) is 19.6 Å². The second-order valence-corrected chi connectivity index (χ2v) is 9.37. The van der Waals surface area contributed by atoms with Crippen molar-refractivity contribution in [2.24, 2.45) is 11.8 Å². The molecule has 1 saturated carbocycles. The minimum Gasteiger partial charge on any atom is -0.465 e. The van der Waals surface area contributed by atoms with Crippen LogP contribution in [0.15, 0.2) is 52.0 Å². The fraction of sp³-hybridized carbons (Fsp3) is 0.450. The Hall–Kier alpha value is -1.92. The molecule has 1 aromatic rings. The quantitative estimate of drug-likeness (QED) is 0.762. The summed E-state index contributed by atoms with van der Waals surface area (Å²) in [7, 11) is -2.13. The van der Waals surface area contributed by atoms with Gasteiger partial charge in [0, 0.05) is 13.1 Å². The molecule has 6 heteroatoms. The maximum atomic E-state index is 13.0. The van der Waals surface area contributed by atoms with E-state index >= 15 is 0 Å². The zero-order valence-corrected chi connectivity index (χ0v) is 15.9. The molecule has 2 fully saturated rings. The van der Waals surface area contributed by atoms with E-state index < -0.39 is 10.0 Å². The predicted octanol–water partition coefficient (Wildman–Crippen LogP) is 2.83. The van der Waals surface area contributed by atoms with E-state index in [1.165, 1.54) is 7.11 Å². The highest BCUT2D eigenvalue weighted by Gasteiger charge is 2.41. The average Bonchev–Trinajstić information content (AvgIpc) is 3.39. The SMILES string of the molecule is COC(=O)C1=C(C2CC2)CC2CN(S(=O)(=O)c3ccc(C)cc3)CC2=C1. The summed E-state index contributed by atoms with van der Waals surface area (Å²) in [6.07, 6.45) is 4.87. The van der Waals surface area contributed by atoms with Crippen molar-refractivity contribution >= 4 is 16.0 Å². The topological polar surface area (TPSA) is 63.7 Å². The Morgan fingerprint density at radius 3 is 2.46 bits per heavy atom. The number of aryl methyl sites for hydroxylation is 1. The third-order valence-electron chi connectivity index (χ3n) is 5.58. The minimum absolute atomic E-state index is 0.166. The Balaban J connectivity index is 1.61. The molecular weight excluding hydrogens is 350 g/mol. The molecule has 0 radical (unpaired) electrons. The monoisotopic (exact) mass is 373 g/mol. The first kappa shape index (κ1) is 17.5. The van der Waals surface area contributed by atoms with Gasteiger partial charge in [-0.1, -0.05) is 23.3 Å². The molecule has 138 valence electrons. The summed E-state index contributed by atoms with van der Waals surface area (Å²) in [5.41, 5.74) is 3.85. The van der Waals surface area contributed by atoms with Crippen molar-refractivity contribution in [3.05, 3.63) is 52.6 Å². The third kappa shape index (κ3) is 3.01. The van der Waals surface area contributed by atoms with Crippen molar-refractivity contribution in [1.29, 1.82) is 0 Å². The minimum atomic E-state index is -3.52. The lowest BCUT2D eigenvalue weighted by Gasteiger charge is -2.22. The second kappa shape index (κ2) is 6.35. The number of carbonyl (C=O) groups excluding carboxylic acids is 1. The maximum absolute atomic E-state index is 13.0. The molecule has 0 N–H and O–H groups in total. The van der Waals surface area contributed by atoms with Gasteiger partial charge in [0.2, 0.25) is 10.0 Å². The summed E-state index contributed by atoms with van der Waals surface area (Å²) in [4.78, 5) is 12.5. The average molecular weight is 373 g/mol. The number of fused-ring (bicyclic) bond motifs is 1. The Bertz CT molecular complexity index is 908. The van der Waals surface area contributed by atoms with Crippen LogP contribution >= 0.6 is 0 Å².